The highest BCUT2D eigenvalue weighted by atomic mass is 32.2. The maximum Gasteiger partial charge on any atom is 0.324 e. The van der Waals surface area contributed by atoms with Gasteiger partial charge in [0.2, 0.25) is 0 Å². The van der Waals surface area contributed by atoms with E-state index in [1.54, 1.807) is 0 Å². The minimum Gasteiger partial charge on any atom is -0.507 e. The summed E-state index contributed by atoms with van der Waals surface area (Å²) in [5.41, 5.74) is 0.0268. The van der Waals surface area contributed by atoms with Crippen LogP contribution in [0, 0.1) is 0 Å². The van der Waals surface area contributed by atoms with Crippen molar-refractivity contribution in [1.82, 2.24) is 0 Å². The number of phenols is 1. The minimum atomic E-state index is -4.55. The van der Waals surface area contributed by atoms with E-state index in [4.69, 9.17) is 0 Å². The smallest absolute Gasteiger partial charge is 0.324 e. The summed E-state index contributed by atoms with van der Waals surface area (Å²) < 4.78 is 33.8. The molecule has 1 N–H and O–H groups in total. The normalized spacial score (nSPS) is 13.6. The van der Waals surface area contributed by atoms with Crippen molar-refractivity contribution in [2.45, 2.75) is 57.3 Å². The van der Waals surface area contributed by atoms with Crippen LogP contribution in [0.25, 0.3) is 0 Å². The maximum absolute atomic E-state index is 11.3. The molecule has 107 valence electrons. The monoisotopic (exact) mass is 285 g/mol. The SMILES string of the molecule is CC(C)(C)c1cc(S([O])(=O)=O)cc(C(C)(C)C)c1O. The molecule has 0 bridgehead atoms. The molecule has 1 aromatic rings. The standard InChI is InChI=1S/C14H21O4S/c1-13(2,3)10-7-9(19(16,17)18)8-11(12(10)15)14(4,5)6/h7-8,15H,1-6H3. The molecule has 0 atom stereocenters. The van der Waals surface area contributed by atoms with Gasteiger partial charge in [0.05, 0.1) is 4.90 Å². The molecule has 0 fully saturated rings. The summed E-state index contributed by atoms with van der Waals surface area (Å²) in [5.74, 6) is 0.0624. The third-order valence-corrected chi connectivity index (χ3v) is 3.80. The quantitative estimate of drug-likeness (QED) is 0.861. The van der Waals surface area contributed by atoms with Gasteiger partial charge in [-0.1, -0.05) is 46.1 Å². The molecule has 4 nitrogen and oxygen atoms in total. The van der Waals surface area contributed by atoms with E-state index >= 15 is 0 Å². The Labute approximate surface area is 115 Å². The van der Waals surface area contributed by atoms with Gasteiger partial charge in [-0.3, -0.25) is 0 Å². The highest BCUT2D eigenvalue weighted by Gasteiger charge is 2.29. The second-order valence-corrected chi connectivity index (χ2v) is 8.20. The van der Waals surface area contributed by atoms with Crippen LogP contribution in [-0.2, 0) is 25.5 Å². The van der Waals surface area contributed by atoms with Gasteiger partial charge in [0.25, 0.3) is 0 Å². The molecule has 1 rings (SSSR count). The number of benzene rings is 1. The lowest BCUT2D eigenvalue weighted by atomic mass is 9.79. The summed E-state index contributed by atoms with van der Waals surface area (Å²) in [4.78, 5) is -0.292. The first-order valence-corrected chi connectivity index (χ1v) is 7.49. The van der Waals surface area contributed by atoms with Crippen LogP contribution in [0.1, 0.15) is 52.7 Å². The van der Waals surface area contributed by atoms with Gasteiger partial charge >= 0.3 is 10.1 Å². The first-order chi connectivity index (χ1) is 8.24. The predicted molar refractivity (Wildman–Crippen MR) is 73.4 cm³/mol. The van der Waals surface area contributed by atoms with Crippen molar-refractivity contribution in [1.29, 1.82) is 0 Å². The molecule has 0 aromatic heterocycles. The zero-order valence-corrected chi connectivity index (χ0v) is 13.1. The first kappa shape index (κ1) is 16.0. The van der Waals surface area contributed by atoms with Gasteiger partial charge in [0.15, 0.2) is 0 Å². The fourth-order valence-corrected chi connectivity index (χ4v) is 2.42. The summed E-state index contributed by atoms with van der Waals surface area (Å²) in [5, 5.41) is 10.4. The molecule has 0 aliphatic carbocycles. The van der Waals surface area contributed by atoms with Crippen LogP contribution < -0.4 is 0 Å². The van der Waals surface area contributed by atoms with Crippen molar-refractivity contribution in [3.63, 3.8) is 0 Å². The van der Waals surface area contributed by atoms with E-state index in [1.165, 1.54) is 12.1 Å². The van der Waals surface area contributed by atoms with Crippen molar-refractivity contribution in [2.24, 2.45) is 0 Å². The molecule has 5 heteroatoms. The lowest BCUT2D eigenvalue weighted by molar-refractivity contribution is 0.409. The summed E-state index contributed by atoms with van der Waals surface area (Å²) >= 11 is 0. The highest BCUT2D eigenvalue weighted by Crippen LogP contribution is 2.40. The molecule has 1 radical (unpaired) electrons. The van der Waals surface area contributed by atoms with Gasteiger partial charge in [-0.15, -0.1) is 0 Å². The topological polar surface area (TPSA) is 74.3 Å². The van der Waals surface area contributed by atoms with Crippen molar-refractivity contribution < 1.29 is 18.1 Å². The molecule has 0 heterocycles. The third kappa shape index (κ3) is 3.48. The predicted octanol–water partition coefficient (Wildman–Crippen LogP) is 3.11. The van der Waals surface area contributed by atoms with Gasteiger partial charge in [0, 0.05) is 11.1 Å². The molecule has 0 aliphatic heterocycles. The Kier molecular flexibility index (Phi) is 3.78. The number of phenolic OH excluding ortho intramolecular Hbond substituents is 1. The van der Waals surface area contributed by atoms with E-state index in [0.29, 0.717) is 11.1 Å². The number of rotatable bonds is 1. The average Bonchev–Trinajstić information content (AvgIpc) is 2.11. The molecule has 0 aliphatic rings. The van der Waals surface area contributed by atoms with E-state index < -0.39 is 20.9 Å². The zero-order valence-electron chi connectivity index (χ0n) is 12.2. The van der Waals surface area contributed by atoms with Crippen molar-refractivity contribution in [3.8, 4) is 5.75 Å². The summed E-state index contributed by atoms with van der Waals surface area (Å²) in [6.45, 7) is 11.1. The Morgan fingerprint density at radius 3 is 1.42 bits per heavy atom. The van der Waals surface area contributed by atoms with E-state index in [2.05, 4.69) is 0 Å². The number of hydrogen-bond donors (Lipinski definition) is 1. The summed E-state index contributed by atoms with van der Waals surface area (Å²) in [6.07, 6.45) is 0. The Balaban J connectivity index is 3.78. The van der Waals surface area contributed by atoms with Crippen LogP contribution in [0.15, 0.2) is 17.0 Å². The van der Waals surface area contributed by atoms with Crippen molar-refractivity contribution in [2.75, 3.05) is 0 Å². The van der Waals surface area contributed by atoms with Gasteiger partial charge in [0.1, 0.15) is 5.75 Å². The molecule has 0 saturated heterocycles. The number of hydrogen-bond acceptors (Lipinski definition) is 3. The van der Waals surface area contributed by atoms with Gasteiger partial charge in [-0.25, -0.2) is 0 Å². The lowest BCUT2D eigenvalue weighted by Gasteiger charge is -2.27. The minimum absolute atomic E-state index is 0.0624. The summed E-state index contributed by atoms with van der Waals surface area (Å²) in [7, 11) is -4.55. The largest absolute Gasteiger partial charge is 0.507 e. The third-order valence-electron chi connectivity index (χ3n) is 2.99. The van der Waals surface area contributed by atoms with Crippen LogP contribution >= 0.6 is 0 Å². The van der Waals surface area contributed by atoms with E-state index in [-0.39, 0.29) is 10.6 Å². The van der Waals surface area contributed by atoms with E-state index in [0.717, 1.165) is 0 Å². The van der Waals surface area contributed by atoms with Crippen LogP contribution in [0.4, 0.5) is 0 Å². The molecule has 0 unspecified atom stereocenters. The Bertz CT molecular complexity index is 552. The van der Waals surface area contributed by atoms with E-state index in [1.807, 2.05) is 41.5 Å². The molecule has 0 spiro atoms. The Morgan fingerprint density at radius 1 is 0.895 bits per heavy atom. The second kappa shape index (κ2) is 4.49. The first-order valence-electron chi connectivity index (χ1n) is 6.08. The average molecular weight is 285 g/mol. The van der Waals surface area contributed by atoms with E-state index in [9.17, 15) is 18.1 Å². The number of aromatic hydroxyl groups is 1. The Hall–Kier alpha value is -1.07. The van der Waals surface area contributed by atoms with Crippen LogP contribution in [0.5, 0.6) is 5.75 Å². The zero-order chi connectivity index (χ0) is 15.2. The van der Waals surface area contributed by atoms with Crippen LogP contribution in [0.2, 0.25) is 0 Å². The van der Waals surface area contributed by atoms with Crippen LogP contribution in [0.3, 0.4) is 0 Å². The summed E-state index contributed by atoms with van der Waals surface area (Å²) in [6, 6.07) is 2.54. The van der Waals surface area contributed by atoms with Crippen LogP contribution in [-0.4, -0.2) is 13.5 Å². The molecule has 19 heavy (non-hydrogen) atoms. The molecule has 0 saturated carbocycles. The van der Waals surface area contributed by atoms with Gasteiger partial charge in [-0.2, -0.15) is 8.42 Å². The molecule has 1 aromatic carbocycles. The second-order valence-electron chi connectivity index (χ2n) is 6.82. The molecule has 0 amide bonds. The highest BCUT2D eigenvalue weighted by molar-refractivity contribution is 7.85. The van der Waals surface area contributed by atoms with Crippen molar-refractivity contribution >= 4 is 10.1 Å². The maximum atomic E-state index is 11.3. The Morgan fingerprint density at radius 2 is 1.21 bits per heavy atom. The fraction of sp³-hybridized carbons (Fsp3) is 0.571. The van der Waals surface area contributed by atoms with Gasteiger partial charge in [-0.05, 0) is 23.0 Å². The molecular weight excluding hydrogens is 264 g/mol. The van der Waals surface area contributed by atoms with Crippen molar-refractivity contribution in [3.05, 3.63) is 23.3 Å². The van der Waals surface area contributed by atoms with Gasteiger partial charge < -0.3 is 5.11 Å². The lowest BCUT2D eigenvalue weighted by Crippen LogP contribution is -2.18. The molecular formula is C14H21O4S. The fourth-order valence-electron chi connectivity index (χ4n) is 1.90.